The van der Waals surface area contributed by atoms with Gasteiger partial charge in [-0.05, 0) is 29.7 Å². The van der Waals surface area contributed by atoms with Gasteiger partial charge >= 0.3 is 5.97 Å². The quantitative estimate of drug-likeness (QED) is 0.669. The fourth-order valence-electron chi connectivity index (χ4n) is 2.61. The lowest BCUT2D eigenvalue weighted by Gasteiger charge is -2.20. The van der Waals surface area contributed by atoms with Crippen LogP contribution in [-0.4, -0.2) is 29.2 Å². The summed E-state index contributed by atoms with van der Waals surface area (Å²) >= 11 is 0. The predicted molar refractivity (Wildman–Crippen MR) is 84.6 cm³/mol. The molecule has 0 bridgehead atoms. The van der Waals surface area contributed by atoms with Crippen LogP contribution in [0, 0.1) is 10.1 Å². The monoisotopic (exact) mass is 329 g/mol. The topological polar surface area (TPSA) is 98.9 Å². The molecule has 2 aromatic carbocycles. The summed E-state index contributed by atoms with van der Waals surface area (Å²) in [7, 11) is 0. The minimum Gasteiger partial charge on any atom is -0.486 e. The first-order valence-electron chi connectivity index (χ1n) is 7.40. The molecule has 24 heavy (non-hydrogen) atoms. The number of ether oxygens (including phenoxy) is 2. The third-order valence-corrected chi connectivity index (χ3v) is 3.85. The Balaban J connectivity index is 1.84. The molecular weight excluding hydrogens is 314 g/mol. The van der Waals surface area contributed by atoms with Crippen molar-refractivity contribution in [3.8, 4) is 11.5 Å². The number of benzene rings is 2. The van der Waals surface area contributed by atoms with Gasteiger partial charge in [0.1, 0.15) is 13.2 Å². The van der Waals surface area contributed by atoms with Gasteiger partial charge in [0.25, 0.3) is 5.69 Å². The molecule has 1 heterocycles. The molecule has 7 nitrogen and oxygen atoms in total. The Kier molecular flexibility index (Phi) is 4.33. The number of hydrogen-bond donors (Lipinski definition) is 1. The molecule has 124 valence electrons. The van der Waals surface area contributed by atoms with Crippen molar-refractivity contribution in [1.29, 1.82) is 0 Å². The highest BCUT2D eigenvalue weighted by Gasteiger charge is 2.23. The number of non-ortho nitro benzene ring substituents is 1. The Morgan fingerprint density at radius 3 is 2.42 bits per heavy atom. The molecular formula is C17H15NO6. The van der Waals surface area contributed by atoms with Crippen LogP contribution in [0.25, 0.3) is 0 Å². The lowest BCUT2D eigenvalue weighted by molar-refractivity contribution is -0.384. The van der Waals surface area contributed by atoms with Crippen LogP contribution in [0.2, 0.25) is 0 Å². The number of nitro groups is 1. The van der Waals surface area contributed by atoms with Crippen LogP contribution in [0.15, 0.2) is 42.5 Å². The number of nitro benzene ring substituents is 1. The average Bonchev–Trinajstić information content (AvgIpc) is 2.59. The van der Waals surface area contributed by atoms with E-state index in [9.17, 15) is 20.0 Å². The molecule has 0 radical (unpaired) electrons. The van der Waals surface area contributed by atoms with Crippen LogP contribution in [0.1, 0.15) is 17.0 Å². The fourth-order valence-corrected chi connectivity index (χ4v) is 2.61. The van der Waals surface area contributed by atoms with Crippen molar-refractivity contribution in [1.82, 2.24) is 0 Å². The van der Waals surface area contributed by atoms with E-state index in [0.717, 1.165) is 0 Å². The first-order valence-corrected chi connectivity index (χ1v) is 7.40. The number of carboxylic acids is 1. The van der Waals surface area contributed by atoms with Crippen LogP contribution in [0.5, 0.6) is 11.5 Å². The average molecular weight is 329 g/mol. The Labute approximate surface area is 137 Å². The second-order valence-corrected chi connectivity index (χ2v) is 5.42. The zero-order chi connectivity index (χ0) is 17.1. The second-order valence-electron chi connectivity index (χ2n) is 5.42. The van der Waals surface area contributed by atoms with E-state index in [2.05, 4.69) is 0 Å². The molecule has 1 aliphatic heterocycles. The van der Waals surface area contributed by atoms with Crippen molar-refractivity contribution >= 4 is 11.7 Å². The number of hydrogen-bond acceptors (Lipinski definition) is 5. The van der Waals surface area contributed by atoms with Gasteiger partial charge in [-0.3, -0.25) is 14.9 Å². The maximum atomic E-state index is 11.7. The Bertz CT molecular complexity index is 771. The highest BCUT2D eigenvalue weighted by atomic mass is 16.6. The van der Waals surface area contributed by atoms with Gasteiger partial charge in [-0.15, -0.1) is 0 Å². The van der Waals surface area contributed by atoms with Crippen molar-refractivity contribution in [3.05, 3.63) is 63.7 Å². The highest BCUT2D eigenvalue weighted by molar-refractivity contribution is 5.77. The maximum absolute atomic E-state index is 11.7. The van der Waals surface area contributed by atoms with Crippen molar-refractivity contribution < 1.29 is 24.3 Å². The van der Waals surface area contributed by atoms with Gasteiger partial charge in [0, 0.05) is 12.1 Å². The molecule has 0 saturated carbocycles. The molecule has 3 rings (SSSR count). The van der Waals surface area contributed by atoms with Crippen molar-refractivity contribution in [2.75, 3.05) is 13.2 Å². The molecule has 0 aromatic heterocycles. The maximum Gasteiger partial charge on any atom is 0.311 e. The molecule has 0 fully saturated rings. The van der Waals surface area contributed by atoms with Crippen molar-refractivity contribution in [2.45, 2.75) is 12.3 Å². The van der Waals surface area contributed by atoms with E-state index >= 15 is 0 Å². The standard InChI is InChI=1S/C17H15NO6/c19-17(20)14(9-11-1-4-13(5-2-11)18(21)22)12-3-6-15-16(10-12)24-8-7-23-15/h1-6,10,14H,7-9H2,(H,19,20). The number of rotatable bonds is 5. The molecule has 1 N–H and O–H groups in total. The third kappa shape index (κ3) is 3.29. The highest BCUT2D eigenvalue weighted by Crippen LogP contribution is 2.34. The molecule has 0 aliphatic carbocycles. The van der Waals surface area contributed by atoms with Gasteiger partial charge in [0.2, 0.25) is 0 Å². The lowest BCUT2D eigenvalue weighted by atomic mass is 9.91. The molecule has 0 saturated heterocycles. The van der Waals surface area contributed by atoms with E-state index < -0.39 is 16.8 Å². The number of carbonyl (C=O) groups is 1. The number of aliphatic carboxylic acids is 1. The summed E-state index contributed by atoms with van der Waals surface area (Å²) in [5.74, 6) is -0.606. The van der Waals surface area contributed by atoms with Gasteiger partial charge in [0.15, 0.2) is 11.5 Å². The Hall–Kier alpha value is -3.09. The first kappa shape index (κ1) is 15.8. The molecule has 0 amide bonds. The predicted octanol–water partition coefficient (Wildman–Crippen LogP) is 2.78. The van der Waals surface area contributed by atoms with Crippen LogP contribution in [0.3, 0.4) is 0 Å². The van der Waals surface area contributed by atoms with E-state index in [0.29, 0.717) is 35.8 Å². The molecule has 1 unspecified atom stereocenters. The molecule has 1 atom stereocenters. The normalized spacial score (nSPS) is 14.0. The van der Waals surface area contributed by atoms with Gasteiger partial charge in [-0.25, -0.2) is 0 Å². The second kappa shape index (κ2) is 6.57. The van der Waals surface area contributed by atoms with E-state index in [-0.39, 0.29) is 12.1 Å². The summed E-state index contributed by atoms with van der Waals surface area (Å²) in [5.41, 5.74) is 1.29. The van der Waals surface area contributed by atoms with Gasteiger partial charge in [0.05, 0.1) is 10.8 Å². The summed E-state index contributed by atoms with van der Waals surface area (Å²) in [4.78, 5) is 21.9. The number of carboxylic acid groups (broad SMARTS) is 1. The van der Waals surface area contributed by atoms with Gasteiger partial charge in [-0.2, -0.15) is 0 Å². The fraction of sp³-hybridized carbons (Fsp3) is 0.235. The van der Waals surface area contributed by atoms with Crippen molar-refractivity contribution in [2.24, 2.45) is 0 Å². The summed E-state index contributed by atoms with van der Waals surface area (Å²) in [6, 6.07) is 11.0. The van der Waals surface area contributed by atoms with Gasteiger partial charge in [-0.1, -0.05) is 18.2 Å². The molecule has 7 heteroatoms. The van der Waals surface area contributed by atoms with E-state index in [1.54, 1.807) is 30.3 Å². The summed E-state index contributed by atoms with van der Waals surface area (Å²) < 4.78 is 10.9. The molecule has 1 aliphatic rings. The lowest BCUT2D eigenvalue weighted by Crippen LogP contribution is -2.18. The Morgan fingerprint density at radius 2 is 1.79 bits per heavy atom. The summed E-state index contributed by atoms with van der Waals surface area (Å²) in [6.45, 7) is 0.897. The minimum absolute atomic E-state index is 0.0232. The molecule has 2 aromatic rings. The third-order valence-electron chi connectivity index (χ3n) is 3.85. The van der Waals surface area contributed by atoms with Crippen molar-refractivity contribution in [3.63, 3.8) is 0 Å². The largest absolute Gasteiger partial charge is 0.486 e. The number of fused-ring (bicyclic) bond motifs is 1. The van der Waals surface area contributed by atoms with Crippen LogP contribution < -0.4 is 9.47 Å². The zero-order valence-electron chi connectivity index (χ0n) is 12.7. The smallest absolute Gasteiger partial charge is 0.311 e. The van der Waals surface area contributed by atoms with Crippen LogP contribution >= 0.6 is 0 Å². The first-order chi connectivity index (χ1) is 11.5. The Morgan fingerprint density at radius 1 is 1.12 bits per heavy atom. The van der Waals surface area contributed by atoms with Crippen LogP contribution in [0.4, 0.5) is 5.69 Å². The zero-order valence-corrected chi connectivity index (χ0v) is 12.7. The SMILES string of the molecule is O=C(O)C(Cc1ccc([N+](=O)[O-])cc1)c1ccc2c(c1)OCCO2. The summed E-state index contributed by atoms with van der Waals surface area (Å²) in [6.07, 6.45) is 0.229. The van der Waals surface area contributed by atoms with E-state index in [4.69, 9.17) is 9.47 Å². The van der Waals surface area contributed by atoms with E-state index in [1.807, 2.05) is 0 Å². The van der Waals surface area contributed by atoms with Crippen LogP contribution in [-0.2, 0) is 11.2 Å². The van der Waals surface area contributed by atoms with Gasteiger partial charge < -0.3 is 14.6 Å². The molecule has 0 spiro atoms. The number of nitrogens with zero attached hydrogens (tertiary/aromatic N) is 1. The summed E-state index contributed by atoms with van der Waals surface area (Å²) in [5, 5.41) is 20.2. The minimum atomic E-state index is -0.968. The van der Waals surface area contributed by atoms with E-state index in [1.165, 1.54) is 12.1 Å².